The molecule has 0 aliphatic carbocycles. The van der Waals surface area contributed by atoms with Crippen molar-refractivity contribution < 1.29 is 24.5 Å². The maximum atomic E-state index is 10.6. The van der Waals surface area contributed by atoms with Crippen LogP contribution in [0.25, 0.3) is 11.2 Å². The molecule has 0 amide bonds. The summed E-state index contributed by atoms with van der Waals surface area (Å²) < 4.78 is 13.4. The van der Waals surface area contributed by atoms with Crippen molar-refractivity contribution in [1.29, 1.82) is 0 Å². The van der Waals surface area contributed by atoms with Gasteiger partial charge in [0.2, 0.25) is 5.28 Å². The summed E-state index contributed by atoms with van der Waals surface area (Å²) in [5.74, 6) is 0.982. The highest BCUT2D eigenvalue weighted by Crippen LogP contribution is 2.33. The number of nitrogens with two attached hydrogens (primary N) is 1. The predicted molar refractivity (Wildman–Crippen MR) is 118 cm³/mol. The van der Waals surface area contributed by atoms with E-state index in [2.05, 4.69) is 15.0 Å². The van der Waals surface area contributed by atoms with E-state index in [4.69, 9.17) is 31.6 Å². The Kier molecular flexibility index (Phi) is 6.32. The van der Waals surface area contributed by atoms with Crippen LogP contribution in [0.5, 0.6) is 5.75 Å². The molecule has 4 heterocycles. The summed E-state index contributed by atoms with van der Waals surface area (Å²) in [6.45, 7) is 1.46. The lowest BCUT2D eigenvalue weighted by Gasteiger charge is -2.32. The van der Waals surface area contributed by atoms with E-state index in [1.807, 2.05) is 35.4 Å². The summed E-state index contributed by atoms with van der Waals surface area (Å²) in [5.41, 5.74) is 6.49. The summed E-state index contributed by atoms with van der Waals surface area (Å²) in [7, 11) is 0. The number of aliphatic hydroxyl groups excluding tert-OH is 2. The summed E-state index contributed by atoms with van der Waals surface area (Å²) in [6.07, 6.45) is -0.842. The van der Waals surface area contributed by atoms with Gasteiger partial charge in [0.25, 0.3) is 0 Å². The third kappa shape index (κ3) is 4.60. The molecule has 12 heteroatoms. The average Bonchev–Trinajstić information content (AvgIpc) is 3.35. The standard InChI is InChI=1S/C21H25ClN6O5/c22-21-25-18(23)15-19(26-21)28(11-24-15)20-17(30)16(29)14(33-20)10-31-27-8-6-13(7-9-27)32-12-4-2-1-3-5-12/h1-5,11,13-14,16-17,20,29-30H,6-10H2,(H2,23,25,26)/t14-,16-,17-,20-/m1/s1. The van der Waals surface area contributed by atoms with E-state index in [0.29, 0.717) is 24.3 Å². The monoisotopic (exact) mass is 476 g/mol. The van der Waals surface area contributed by atoms with Crippen molar-refractivity contribution in [3.63, 3.8) is 0 Å². The van der Waals surface area contributed by atoms with Crippen molar-refractivity contribution in [3.8, 4) is 5.75 Å². The third-order valence-corrected chi connectivity index (χ3v) is 6.07. The fraction of sp³-hybridized carbons (Fsp3) is 0.476. The minimum Gasteiger partial charge on any atom is -0.490 e. The number of nitrogen functional groups attached to an aromatic ring is 1. The molecule has 4 N–H and O–H groups in total. The number of fused-ring (bicyclic) bond motifs is 1. The van der Waals surface area contributed by atoms with Gasteiger partial charge in [-0.2, -0.15) is 15.0 Å². The van der Waals surface area contributed by atoms with Gasteiger partial charge in [0, 0.05) is 13.1 Å². The molecule has 0 saturated carbocycles. The van der Waals surface area contributed by atoms with Crippen molar-refractivity contribution in [3.05, 3.63) is 41.9 Å². The molecule has 2 fully saturated rings. The van der Waals surface area contributed by atoms with E-state index < -0.39 is 24.5 Å². The molecule has 0 bridgehead atoms. The molecule has 0 radical (unpaired) electrons. The van der Waals surface area contributed by atoms with E-state index in [0.717, 1.165) is 18.6 Å². The highest BCUT2D eigenvalue weighted by molar-refractivity contribution is 6.28. The SMILES string of the molecule is Nc1nc(Cl)nc2c1ncn2[C@@H]1O[C@H](CON2CCC(Oc3ccccc3)CC2)[C@@H](O)[C@H]1O. The van der Waals surface area contributed by atoms with E-state index >= 15 is 0 Å². The highest BCUT2D eigenvalue weighted by Gasteiger charge is 2.45. The van der Waals surface area contributed by atoms with Crippen molar-refractivity contribution in [2.24, 2.45) is 0 Å². The summed E-state index contributed by atoms with van der Waals surface area (Å²) in [4.78, 5) is 18.0. The van der Waals surface area contributed by atoms with Gasteiger partial charge in [-0.15, -0.1) is 0 Å². The molecule has 1 aromatic carbocycles. The van der Waals surface area contributed by atoms with Crippen LogP contribution in [0.15, 0.2) is 36.7 Å². The first kappa shape index (κ1) is 22.3. The Bertz CT molecular complexity index is 1090. The van der Waals surface area contributed by atoms with Gasteiger partial charge in [-0.25, -0.2) is 4.98 Å². The van der Waals surface area contributed by atoms with Crippen molar-refractivity contribution in [2.75, 3.05) is 25.4 Å². The zero-order valence-corrected chi connectivity index (χ0v) is 18.5. The fourth-order valence-corrected chi connectivity index (χ4v) is 4.31. The molecule has 33 heavy (non-hydrogen) atoms. The second-order valence-corrected chi connectivity index (χ2v) is 8.44. The van der Waals surface area contributed by atoms with Gasteiger partial charge in [-0.3, -0.25) is 9.40 Å². The van der Waals surface area contributed by atoms with Gasteiger partial charge >= 0.3 is 0 Å². The van der Waals surface area contributed by atoms with Crippen molar-refractivity contribution >= 4 is 28.6 Å². The molecule has 0 unspecified atom stereocenters. The minimum atomic E-state index is -1.21. The van der Waals surface area contributed by atoms with Crippen LogP contribution in [-0.2, 0) is 9.57 Å². The molecule has 3 aromatic rings. The average molecular weight is 477 g/mol. The Balaban J connectivity index is 1.17. The quantitative estimate of drug-likeness (QED) is 0.443. The number of hydrogen-bond donors (Lipinski definition) is 3. The van der Waals surface area contributed by atoms with Gasteiger partial charge in [0.1, 0.15) is 35.7 Å². The molecule has 2 aliphatic rings. The number of hydrogen-bond acceptors (Lipinski definition) is 10. The van der Waals surface area contributed by atoms with Crippen LogP contribution in [0, 0.1) is 0 Å². The number of aliphatic hydroxyl groups is 2. The van der Waals surface area contributed by atoms with E-state index in [1.165, 1.54) is 10.9 Å². The fourth-order valence-electron chi connectivity index (χ4n) is 4.14. The molecule has 11 nitrogen and oxygen atoms in total. The number of benzene rings is 1. The molecule has 2 aliphatic heterocycles. The van der Waals surface area contributed by atoms with Gasteiger partial charge in [0.15, 0.2) is 17.7 Å². The van der Waals surface area contributed by atoms with Crippen molar-refractivity contribution in [1.82, 2.24) is 24.6 Å². The van der Waals surface area contributed by atoms with Crippen LogP contribution in [0.2, 0.25) is 5.28 Å². The lowest BCUT2D eigenvalue weighted by atomic mass is 10.1. The van der Waals surface area contributed by atoms with E-state index in [1.54, 1.807) is 0 Å². The number of rotatable bonds is 6. The first-order valence-corrected chi connectivity index (χ1v) is 11.1. The predicted octanol–water partition coefficient (Wildman–Crippen LogP) is 1.16. The molecular formula is C21H25ClN6O5. The van der Waals surface area contributed by atoms with Crippen LogP contribution in [-0.4, -0.2) is 78.9 Å². The molecule has 176 valence electrons. The first-order chi connectivity index (χ1) is 16.0. The lowest BCUT2D eigenvalue weighted by Crippen LogP contribution is -2.41. The molecule has 0 spiro atoms. The first-order valence-electron chi connectivity index (χ1n) is 10.8. The smallest absolute Gasteiger partial charge is 0.226 e. The highest BCUT2D eigenvalue weighted by atomic mass is 35.5. The van der Waals surface area contributed by atoms with Gasteiger partial charge < -0.3 is 25.4 Å². The summed E-state index contributed by atoms with van der Waals surface area (Å²) >= 11 is 5.91. The van der Waals surface area contributed by atoms with Crippen molar-refractivity contribution in [2.45, 2.75) is 43.5 Å². The number of para-hydroxylation sites is 1. The number of piperidine rings is 1. The Morgan fingerprint density at radius 1 is 1.12 bits per heavy atom. The molecular weight excluding hydrogens is 452 g/mol. The van der Waals surface area contributed by atoms with Gasteiger partial charge in [-0.1, -0.05) is 18.2 Å². The maximum Gasteiger partial charge on any atom is 0.226 e. The third-order valence-electron chi connectivity index (χ3n) is 5.90. The number of hydroxylamine groups is 2. The Hall–Kier alpha value is -2.54. The van der Waals surface area contributed by atoms with Gasteiger partial charge in [0.05, 0.1) is 12.9 Å². The van der Waals surface area contributed by atoms with Crippen LogP contribution in [0.4, 0.5) is 5.82 Å². The zero-order valence-electron chi connectivity index (χ0n) is 17.7. The lowest BCUT2D eigenvalue weighted by molar-refractivity contribution is -0.205. The zero-order chi connectivity index (χ0) is 22.9. The number of ether oxygens (including phenoxy) is 2. The Labute approximate surface area is 194 Å². The second kappa shape index (κ2) is 9.37. The van der Waals surface area contributed by atoms with Crippen LogP contribution < -0.4 is 10.5 Å². The summed E-state index contributed by atoms with van der Waals surface area (Å²) in [5, 5.41) is 22.9. The Morgan fingerprint density at radius 2 is 1.88 bits per heavy atom. The van der Waals surface area contributed by atoms with E-state index in [9.17, 15) is 10.2 Å². The topological polar surface area (TPSA) is 141 Å². The van der Waals surface area contributed by atoms with E-state index in [-0.39, 0.29) is 23.8 Å². The number of anilines is 1. The largest absolute Gasteiger partial charge is 0.490 e. The number of nitrogens with zero attached hydrogens (tertiary/aromatic N) is 5. The van der Waals surface area contributed by atoms with Gasteiger partial charge in [-0.05, 0) is 36.6 Å². The summed E-state index contributed by atoms with van der Waals surface area (Å²) in [6, 6.07) is 9.75. The van der Waals surface area contributed by atoms with Crippen LogP contribution >= 0.6 is 11.6 Å². The Morgan fingerprint density at radius 3 is 2.64 bits per heavy atom. The second-order valence-electron chi connectivity index (χ2n) is 8.10. The number of imidazole rings is 1. The molecule has 2 saturated heterocycles. The minimum absolute atomic E-state index is 0.0469. The maximum absolute atomic E-state index is 10.6. The number of aromatic nitrogens is 4. The van der Waals surface area contributed by atoms with Crippen LogP contribution in [0.3, 0.4) is 0 Å². The normalized spacial score (nSPS) is 26.8. The number of halogens is 1. The molecule has 5 rings (SSSR count). The molecule has 4 atom stereocenters. The molecule has 2 aromatic heterocycles. The van der Waals surface area contributed by atoms with Crippen LogP contribution in [0.1, 0.15) is 19.1 Å².